The summed E-state index contributed by atoms with van der Waals surface area (Å²) in [7, 11) is 0. The Labute approximate surface area is 240 Å². The van der Waals surface area contributed by atoms with Gasteiger partial charge in [0.2, 0.25) is 0 Å². The lowest BCUT2D eigenvalue weighted by Gasteiger charge is -2.08. The first-order valence-electron chi connectivity index (χ1n) is 13.5. The summed E-state index contributed by atoms with van der Waals surface area (Å²) in [5.41, 5.74) is 2.42. The second kappa shape index (κ2) is 16.3. The standard InChI is InChI=1S/C33H36O6S/c1-4-5-6-9-25-10-16-28(17-11-25)38-32(35)26-12-18-29(19-13-26)39-33(36)27-14-20-30(21-15-27)40-23-8-7-22-37-31(34)24(2)3/h10-21H,2,4-9,22-23H2,1,3H3. The molecule has 0 aliphatic rings. The third-order valence-electron chi connectivity index (χ3n) is 5.98. The van der Waals surface area contributed by atoms with Crippen molar-refractivity contribution >= 4 is 29.7 Å². The highest BCUT2D eigenvalue weighted by Gasteiger charge is 2.12. The van der Waals surface area contributed by atoms with Crippen LogP contribution < -0.4 is 9.47 Å². The molecule has 3 rings (SSSR count). The average molecular weight is 561 g/mol. The number of unbranched alkanes of at least 4 members (excludes halogenated alkanes) is 3. The minimum atomic E-state index is -0.481. The van der Waals surface area contributed by atoms with Crippen molar-refractivity contribution in [3.8, 4) is 11.5 Å². The fraction of sp³-hybridized carbons (Fsp3) is 0.303. The van der Waals surface area contributed by atoms with E-state index in [4.69, 9.17) is 14.2 Å². The number of rotatable bonds is 15. The zero-order chi connectivity index (χ0) is 28.7. The molecule has 3 aromatic carbocycles. The summed E-state index contributed by atoms with van der Waals surface area (Å²) in [6, 6.07) is 21.1. The highest BCUT2D eigenvalue weighted by molar-refractivity contribution is 7.99. The number of carbonyl (C=O) groups is 3. The molecule has 0 saturated carbocycles. The predicted octanol–water partition coefficient (Wildman–Crippen LogP) is 7.85. The van der Waals surface area contributed by atoms with E-state index in [0.29, 0.717) is 34.8 Å². The maximum Gasteiger partial charge on any atom is 0.343 e. The molecule has 0 bridgehead atoms. The van der Waals surface area contributed by atoms with E-state index in [1.807, 2.05) is 36.4 Å². The van der Waals surface area contributed by atoms with E-state index in [0.717, 1.165) is 36.3 Å². The molecule has 7 heteroatoms. The first-order valence-corrected chi connectivity index (χ1v) is 14.5. The molecule has 0 atom stereocenters. The predicted molar refractivity (Wildman–Crippen MR) is 158 cm³/mol. The van der Waals surface area contributed by atoms with Gasteiger partial charge in [0.15, 0.2) is 0 Å². The Bertz CT molecular complexity index is 1260. The van der Waals surface area contributed by atoms with Gasteiger partial charge in [0.1, 0.15) is 11.5 Å². The Hall–Kier alpha value is -3.84. The number of hydrogen-bond acceptors (Lipinski definition) is 7. The van der Waals surface area contributed by atoms with Gasteiger partial charge in [0, 0.05) is 10.5 Å². The van der Waals surface area contributed by atoms with Gasteiger partial charge >= 0.3 is 17.9 Å². The molecule has 40 heavy (non-hydrogen) atoms. The number of thioether (sulfide) groups is 1. The Kier molecular flexibility index (Phi) is 12.5. The molecule has 0 saturated heterocycles. The molecule has 0 spiro atoms. The number of hydrogen-bond donors (Lipinski definition) is 0. The molecule has 0 unspecified atom stereocenters. The first-order chi connectivity index (χ1) is 19.4. The topological polar surface area (TPSA) is 78.9 Å². The lowest BCUT2D eigenvalue weighted by molar-refractivity contribution is -0.139. The minimum Gasteiger partial charge on any atom is -0.462 e. The summed E-state index contributed by atoms with van der Waals surface area (Å²) in [6.07, 6.45) is 6.22. The number of esters is 3. The molecule has 3 aromatic rings. The minimum absolute atomic E-state index is 0.337. The van der Waals surface area contributed by atoms with Crippen LogP contribution in [0.25, 0.3) is 0 Å². The van der Waals surface area contributed by atoms with Crippen molar-refractivity contribution < 1.29 is 28.6 Å². The van der Waals surface area contributed by atoms with Crippen molar-refractivity contribution in [2.75, 3.05) is 12.4 Å². The van der Waals surface area contributed by atoms with Gasteiger partial charge in [-0.1, -0.05) is 38.5 Å². The van der Waals surface area contributed by atoms with Gasteiger partial charge in [-0.2, -0.15) is 0 Å². The molecule has 0 aromatic heterocycles. The van der Waals surface area contributed by atoms with Gasteiger partial charge < -0.3 is 14.2 Å². The van der Waals surface area contributed by atoms with E-state index >= 15 is 0 Å². The lowest BCUT2D eigenvalue weighted by atomic mass is 10.1. The zero-order valence-electron chi connectivity index (χ0n) is 23.1. The van der Waals surface area contributed by atoms with Crippen molar-refractivity contribution in [2.45, 2.75) is 57.3 Å². The van der Waals surface area contributed by atoms with E-state index < -0.39 is 11.9 Å². The second-order valence-corrected chi connectivity index (χ2v) is 10.6. The van der Waals surface area contributed by atoms with E-state index in [2.05, 4.69) is 13.5 Å². The third kappa shape index (κ3) is 10.4. The monoisotopic (exact) mass is 560 g/mol. The van der Waals surface area contributed by atoms with E-state index in [-0.39, 0.29) is 5.97 Å². The van der Waals surface area contributed by atoms with Crippen molar-refractivity contribution in [2.24, 2.45) is 0 Å². The molecule has 0 heterocycles. The van der Waals surface area contributed by atoms with Crippen LogP contribution >= 0.6 is 11.8 Å². The number of ether oxygens (including phenoxy) is 3. The van der Waals surface area contributed by atoms with Gasteiger partial charge in [-0.25, -0.2) is 14.4 Å². The Morgan fingerprint density at radius 3 is 1.82 bits per heavy atom. The van der Waals surface area contributed by atoms with Gasteiger partial charge in [-0.3, -0.25) is 0 Å². The molecule has 6 nitrogen and oxygen atoms in total. The van der Waals surface area contributed by atoms with Crippen LogP contribution in [0.4, 0.5) is 0 Å². The SMILES string of the molecule is C=C(C)C(=O)OCCCCSc1ccc(C(=O)Oc2ccc(C(=O)Oc3ccc(CCCCC)cc3)cc2)cc1. The Morgan fingerprint density at radius 1 is 0.725 bits per heavy atom. The maximum atomic E-state index is 12.6. The molecule has 0 N–H and O–H groups in total. The summed E-state index contributed by atoms with van der Waals surface area (Å²) < 4.78 is 16.0. The van der Waals surface area contributed by atoms with E-state index in [1.165, 1.54) is 18.4 Å². The van der Waals surface area contributed by atoms with Gasteiger partial charge in [-0.05, 0) is 105 Å². The molecular formula is C33H36O6S. The fourth-order valence-corrected chi connectivity index (χ4v) is 4.58. The summed E-state index contributed by atoms with van der Waals surface area (Å²) in [5.74, 6) is 0.383. The molecule has 0 radical (unpaired) electrons. The van der Waals surface area contributed by atoms with E-state index in [1.54, 1.807) is 55.1 Å². The van der Waals surface area contributed by atoms with Crippen LogP contribution in [0.5, 0.6) is 11.5 Å². The van der Waals surface area contributed by atoms with Crippen LogP contribution in [0, 0.1) is 0 Å². The van der Waals surface area contributed by atoms with Gasteiger partial charge in [-0.15, -0.1) is 11.8 Å². The van der Waals surface area contributed by atoms with Crippen LogP contribution in [-0.2, 0) is 16.0 Å². The smallest absolute Gasteiger partial charge is 0.343 e. The van der Waals surface area contributed by atoms with E-state index in [9.17, 15) is 14.4 Å². The van der Waals surface area contributed by atoms with Crippen molar-refractivity contribution in [3.05, 3.63) is 102 Å². The summed E-state index contributed by atoms with van der Waals surface area (Å²) in [4.78, 5) is 37.5. The van der Waals surface area contributed by atoms with Crippen molar-refractivity contribution in [1.29, 1.82) is 0 Å². The Morgan fingerprint density at radius 2 is 1.27 bits per heavy atom. The van der Waals surface area contributed by atoms with Crippen LogP contribution in [0.1, 0.15) is 72.2 Å². The number of carbonyl (C=O) groups excluding carboxylic acids is 3. The summed E-state index contributed by atoms with van der Waals surface area (Å²) >= 11 is 1.67. The quantitative estimate of drug-likeness (QED) is 0.0616. The summed E-state index contributed by atoms with van der Waals surface area (Å²) in [6.45, 7) is 7.74. The molecular weight excluding hydrogens is 524 g/mol. The van der Waals surface area contributed by atoms with Gasteiger partial charge in [0.25, 0.3) is 0 Å². The zero-order valence-corrected chi connectivity index (χ0v) is 24.0. The third-order valence-corrected chi connectivity index (χ3v) is 7.08. The van der Waals surface area contributed by atoms with Crippen LogP contribution in [-0.4, -0.2) is 30.3 Å². The molecule has 0 aliphatic carbocycles. The maximum absolute atomic E-state index is 12.6. The highest BCUT2D eigenvalue weighted by atomic mass is 32.2. The fourth-order valence-electron chi connectivity index (χ4n) is 3.66. The number of aryl methyl sites for hydroxylation is 1. The Balaban J connectivity index is 1.41. The normalized spacial score (nSPS) is 10.6. The largest absolute Gasteiger partial charge is 0.462 e. The molecule has 0 amide bonds. The van der Waals surface area contributed by atoms with Crippen molar-refractivity contribution in [3.63, 3.8) is 0 Å². The summed E-state index contributed by atoms with van der Waals surface area (Å²) in [5, 5.41) is 0. The lowest BCUT2D eigenvalue weighted by Crippen LogP contribution is -2.10. The first kappa shape index (κ1) is 30.7. The van der Waals surface area contributed by atoms with Crippen LogP contribution in [0.15, 0.2) is 89.8 Å². The number of benzene rings is 3. The van der Waals surface area contributed by atoms with Crippen LogP contribution in [0.2, 0.25) is 0 Å². The molecule has 0 aliphatic heterocycles. The van der Waals surface area contributed by atoms with Crippen LogP contribution in [0.3, 0.4) is 0 Å². The second-order valence-electron chi connectivity index (χ2n) is 9.40. The molecule has 0 fully saturated rings. The molecule has 210 valence electrons. The average Bonchev–Trinajstić information content (AvgIpc) is 2.96. The van der Waals surface area contributed by atoms with Gasteiger partial charge in [0.05, 0.1) is 17.7 Å². The van der Waals surface area contributed by atoms with Crippen molar-refractivity contribution in [1.82, 2.24) is 0 Å². The highest BCUT2D eigenvalue weighted by Crippen LogP contribution is 2.22.